The summed E-state index contributed by atoms with van der Waals surface area (Å²) < 4.78 is 9.35. The molecule has 0 spiro atoms. The predicted molar refractivity (Wildman–Crippen MR) is 53.5 cm³/mol. The van der Waals surface area contributed by atoms with Gasteiger partial charge < -0.3 is 14.8 Å². The molecule has 1 amide bonds. The van der Waals surface area contributed by atoms with Crippen molar-refractivity contribution in [2.45, 2.75) is 45.3 Å². The average Bonchev–Trinajstić information content (AvgIpc) is 2.06. The molecular weight excluding hydrogens is 214 g/mol. The molecule has 1 rings (SSSR count). The molecule has 1 aliphatic rings. The van der Waals surface area contributed by atoms with E-state index in [1.54, 1.807) is 20.8 Å². The molecule has 0 bridgehead atoms. The third-order valence-electron chi connectivity index (χ3n) is 1.83. The first kappa shape index (κ1) is 12.5. The van der Waals surface area contributed by atoms with Gasteiger partial charge in [0, 0.05) is 6.42 Å². The highest BCUT2D eigenvalue weighted by molar-refractivity contribution is 5.93. The smallest absolute Gasteiger partial charge is 0.408 e. The zero-order chi connectivity index (χ0) is 12.3. The number of carbonyl (C=O) groups excluding carboxylic acids is 3. The van der Waals surface area contributed by atoms with Crippen LogP contribution in [0.5, 0.6) is 0 Å². The number of cyclic esters (lactones) is 2. The summed E-state index contributed by atoms with van der Waals surface area (Å²) >= 11 is 0. The molecule has 1 saturated heterocycles. The highest BCUT2D eigenvalue weighted by Crippen LogP contribution is 2.11. The molecule has 0 saturated carbocycles. The first-order valence-electron chi connectivity index (χ1n) is 5.02. The van der Waals surface area contributed by atoms with Crippen molar-refractivity contribution in [3.05, 3.63) is 0 Å². The van der Waals surface area contributed by atoms with E-state index < -0.39 is 29.7 Å². The number of ether oxygens (including phenoxy) is 2. The Labute approximate surface area is 93.3 Å². The van der Waals surface area contributed by atoms with Crippen molar-refractivity contribution in [2.75, 3.05) is 0 Å². The van der Waals surface area contributed by atoms with Crippen LogP contribution in [-0.4, -0.2) is 29.7 Å². The van der Waals surface area contributed by atoms with Gasteiger partial charge in [-0.25, -0.2) is 9.59 Å². The Morgan fingerprint density at radius 2 is 2.06 bits per heavy atom. The second-order valence-corrected chi connectivity index (χ2v) is 4.53. The molecule has 6 nitrogen and oxygen atoms in total. The Balaban J connectivity index is 2.45. The number of amides is 1. The van der Waals surface area contributed by atoms with Gasteiger partial charge in [0.15, 0.2) is 0 Å². The lowest BCUT2D eigenvalue weighted by molar-refractivity contribution is -0.165. The summed E-state index contributed by atoms with van der Waals surface area (Å²) in [5, 5.41) is 2.36. The maximum Gasteiger partial charge on any atom is 0.408 e. The van der Waals surface area contributed by atoms with E-state index in [4.69, 9.17) is 4.74 Å². The number of carbonyl (C=O) groups is 3. The van der Waals surface area contributed by atoms with Gasteiger partial charge in [0.1, 0.15) is 11.6 Å². The second-order valence-electron chi connectivity index (χ2n) is 4.53. The van der Waals surface area contributed by atoms with Gasteiger partial charge in [-0.15, -0.1) is 0 Å². The van der Waals surface area contributed by atoms with Crippen LogP contribution in [0.1, 0.15) is 33.6 Å². The summed E-state index contributed by atoms with van der Waals surface area (Å²) in [6, 6.07) is -0.799. The zero-order valence-electron chi connectivity index (χ0n) is 9.53. The van der Waals surface area contributed by atoms with Gasteiger partial charge in [-0.1, -0.05) is 0 Å². The highest BCUT2D eigenvalue weighted by Gasteiger charge is 2.31. The van der Waals surface area contributed by atoms with E-state index in [-0.39, 0.29) is 12.8 Å². The van der Waals surface area contributed by atoms with Gasteiger partial charge >= 0.3 is 18.0 Å². The lowest BCUT2D eigenvalue weighted by Gasteiger charge is -2.24. The Bertz CT molecular complexity index is 318. The van der Waals surface area contributed by atoms with Crippen molar-refractivity contribution in [1.29, 1.82) is 0 Å². The van der Waals surface area contributed by atoms with E-state index in [0.29, 0.717) is 0 Å². The molecule has 1 N–H and O–H groups in total. The molecule has 0 aromatic carbocycles. The maximum absolute atomic E-state index is 11.3. The van der Waals surface area contributed by atoms with Crippen molar-refractivity contribution in [3.8, 4) is 0 Å². The fraction of sp³-hybridized carbons (Fsp3) is 0.700. The minimum atomic E-state index is -0.799. The van der Waals surface area contributed by atoms with Gasteiger partial charge in [-0.2, -0.15) is 0 Å². The Morgan fingerprint density at radius 1 is 1.44 bits per heavy atom. The van der Waals surface area contributed by atoms with Crippen LogP contribution in [0, 0.1) is 0 Å². The third kappa shape index (κ3) is 3.88. The van der Waals surface area contributed by atoms with Crippen LogP contribution in [0.3, 0.4) is 0 Å². The molecule has 0 aliphatic carbocycles. The van der Waals surface area contributed by atoms with Crippen LogP contribution in [0.25, 0.3) is 0 Å². The summed E-state index contributed by atoms with van der Waals surface area (Å²) in [7, 11) is 0. The topological polar surface area (TPSA) is 81.7 Å². The second kappa shape index (κ2) is 4.51. The van der Waals surface area contributed by atoms with E-state index >= 15 is 0 Å². The molecule has 1 fully saturated rings. The summed E-state index contributed by atoms with van der Waals surface area (Å²) in [6.45, 7) is 5.15. The van der Waals surface area contributed by atoms with Crippen LogP contribution in [0.15, 0.2) is 0 Å². The van der Waals surface area contributed by atoms with Crippen molar-refractivity contribution in [3.63, 3.8) is 0 Å². The molecule has 0 unspecified atom stereocenters. The first-order valence-corrected chi connectivity index (χ1v) is 5.02. The minimum Gasteiger partial charge on any atom is -0.444 e. The number of esters is 2. The summed E-state index contributed by atoms with van der Waals surface area (Å²) in [5.74, 6) is -1.30. The molecule has 0 radical (unpaired) electrons. The van der Waals surface area contributed by atoms with E-state index in [9.17, 15) is 14.4 Å². The van der Waals surface area contributed by atoms with Gasteiger partial charge in [-0.05, 0) is 27.2 Å². The molecular formula is C10H15NO5. The fourth-order valence-corrected chi connectivity index (χ4v) is 1.20. The van der Waals surface area contributed by atoms with Crippen molar-refractivity contribution < 1.29 is 23.9 Å². The Hall–Kier alpha value is -1.59. The number of rotatable bonds is 1. The number of hydrogen-bond acceptors (Lipinski definition) is 5. The van der Waals surface area contributed by atoms with E-state index in [1.165, 1.54) is 0 Å². The van der Waals surface area contributed by atoms with Gasteiger partial charge in [0.2, 0.25) is 0 Å². The van der Waals surface area contributed by atoms with E-state index in [1.807, 2.05) is 0 Å². The molecule has 90 valence electrons. The number of alkyl carbamates (subject to hydrolysis) is 1. The van der Waals surface area contributed by atoms with Gasteiger partial charge in [0.25, 0.3) is 0 Å². The molecule has 1 heterocycles. The summed E-state index contributed by atoms with van der Waals surface area (Å²) in [6.07, 6.45) is -0.327. The number of hydrogen-bond donors (Lipinski definition) is 1. The summed E-state index contributed by atoms with van der Waals surface area (Å²) in [5.41, 5.74) is -0.627. The first-order chi connectivity index (χ1) is 7.28. The fourth-order valence-electron chi connectivity index (χ4n) is 1.20. The van der Waals surface area contributed by atoms with Crippen LogP contribution >= 0.6 is 0 Å². The largest absolute Gasteiger partial charge is 0.444 e. The quantitative estimate of drug-likeness (QED) is 0.529. The van der Waals surface area contributed by atoms with Crippen molar-refractivity contribution >= 4 is 18.0 Å². The SMILES string of the molecule is CC(C)(C)OC(=O)N[C@H]1CCC(=O)OC1=O. The van der Waals surface area contributed by atoms with E-state index in [2.05, 4.69) is 10.1 Å². The molecule has 16 heavy (non-hydrogen) atoms. The van der Waals surface area contributed by atoms with Crippen molar-refractivity contribution in [2.24, 2.45) is 0 Å². The minimum absolute atomic E-state index is 0.117. The van der Waals surface area contributed by atoms with Gasteiger partial charge in [0.05, 0.1) is 0 Å². The van der Waals surface area contributed by atoms with Crippen LogP contribution in [0.2, 0.25) is 0 Å². The zero-order valence-corrected chi connectivity index (χ0v) is 9.53. The standard InChI is InChI=1S/C10H15NO5/c1-10(2,3)16-9(14)11-6-4-5-7(12)15-8(6)13/h6H,4-5H2,1-3H3,(H,11,14)/t6-/m0/s1. The molecule has 6 heteroatoms. The molecule has 0 aromatic heterocycles. The number of nitrogens with one attached hydrogen (secondary N) is 1. The molecule has 0 aromatic rings. The maximum atomic E-state index is 11.3. The van der Waals surface area contributed by atoms with E-state index in [0.717, 1.165) is 0 Å². The highest BCUT2D eigenvalue weighted by atomic mass is 16.6. The Morgan fingerprint density at radius 3 is 2.56 bits per heavy atom. The monoisotopic (exact) mass is 229 g/mol. The average molecular weight is 229 g/mol. The normalized spacial score (nSPS) is 21.3. The van der Waals surface area contributed by atoms with Gasteiger partial charge in [-0.3, -0.25) is 4.79 Å². The van der Waals surface area contributed by atoms with Crippen LogP contribution < -0.4 is 5.32 Å². The van der Waals surface area contributed by atoms with Crippen LogP contribution in [0.4, 0.5) is 4.79 Å². The lowest BCUT2D eigenvalue weighted by atomic mass is 10.1. The Kier molecular flexibility index (Phi) is 3.51. The predicted octanol–water partition coefficient (Wildman–Crippen LogP) is 0.743. The lowest BCUT2D eigenvalue weighted by Crippen LogP contribution is -2.47. The molecule has 1 aliphatic heterocycles. The van der Waals surface area contributed by atoms with Crippen LogP contribution in [-0.2, 0) is 19.1 Å². The van der Waals surface area contributed by atoms with Crippen molar-refractivity contribution in [1.82, 2.24) is 5.32 Å². The third-order valence-corrected chi connectivity index (χ3v) is 1.83. The molecule has 1 atom stereocenters. The summed E-state index contributed by atoms with van der Waals surface area (Å²) in [4.78, 5) is 33.3.